The van der Waals surface area contributed by atoms with Crippen LogP contribution in [0.4, 0.5) is 4.79 Å². The first kappa shape index (κ1) is 24.0. The first-order valence-electron chi connectivity index (χ1n) is 10.4. The van der Waals surface area contributed by atoms with E-state index in [0.29, 0.717) is 37.0 Å². The van der Waals surface area contributed by atoms with E-state index in [9.17, 15) is 14.4 Å². The van der Waals surface area contributed by atoms with Gasteiger partial charge in [0.1, 0.15) is 5.60 Å². The van der Waals surface area contributed by atoms with Gasteiger partial charge >= 0.3 is 6.09 Å². The predicted octanol–water partition coefficient (Wildman–Crippen LogP) is 3.15. The number of hydrogen-bond donors (Lipinski definition) is 2. The van der Waals surface area contributed by atoms with E-state index < -0.39 is 11.7 Å². The van der Waals surface area contributed by atoms with Crippen LogP contribution in [0.25, 0.3) is 0 Å². The molecule has 1 aromatic rings. The molecule has 30 heavy (non-hydrogen) atoms. The second-order valence-electron chi connectivity index (χ2n) is 8.61. The van der Waals surface area contributed by atoms with Crippen molar-refractivity contribution >= 4 is 29.5 Å². The van der Waals surface area contributed by atoms with Crippen molar-refractivity contribution in [2.24, 2.45) is 5.92 Å². The number of carbonyl (C=O) groups excluding carboxylic acids is 3. The van der Waals surface area contributed by atoms with E-state index in [2.05, 4.69) is 10.6 Å². The molecule has 7 nitrogen and oxygen atoms in total. The summed E-state index contributed by atoms with van der Waals surface area (Å²) >= 11 is 5.95. The molecule has 0 atom stereocenters. The minimum atomic E-state index is -0.556. The molecule has 0 saturated carbocycles. The Morgan fingerprint density at radius 1 is 1.17 bits per heavy atom. The Labute approximate surface area is 183 Å². The molecule has 1 saturated heterocycles. The van der Waals surface area contributed by atoms with Gasteiger partial charge < -0.3 is 20.3 Å². The fourth-order valence-electron chi connectivity index (χ4n) is 3.28. The molecule has 0 aromatic heterocycles. The molecule has 166 valence electrons. The van der Waals surface area contributed by atoms with Crippen molar-refractivity contribution < 1.29 is 19.1 Å². The number of alkyl carbamates (subject to hydrolysis) is 1. The van der Waals surface area contributed by atoms with Crippen LogP contribution >= 0.6 is 11.6 Å². The zero-order valence-corrected chi connectivity index (χ0v) is 18.8. The molecule has 0 unspecified atom stereocenters. The van der Waals surface area contributed by atoms with Gasteiger partial charge in [-0.25, -0.2) is 4.79 Å². The molecule has 0 aliphatic carbocycles. The maximum atomic E-state index is 12.3. The van der Waals surface area contributed by atoms with E-state index in [1.807, 2.05) is 17.0 Å². The quantitative estimate of drug-likeness (QED) is 0.685. The normalized spacial score (nSPS) is 14.9. The van der Waals surface area contributed by atoms with Gasteiger partial charge in [-0.05, 0) is 57.2 Å². The van der Waals surface area contributed by atoms with E-state index in [1.54, 1.807) is 32.9 Å². The number of nitrogens with zero attached hydrogens (tertiary/aromatic N) is 1. The summed E-state index contributed by atoms with van der Waals surface area (Å²) in [6.07, 6.45) is 1.75. The Kier molecular flexibility index (Phi) is 8.96. The van der Waals surface area contributed by atoms with Crippen LogP contribution in [0.15, 0.2) is 24.3 Å². The summed E-state index contributed by atoms with van der Waals surface area (Å²) in [4.78, 5) is 37.9. The smallest absolute Gasteiger partial charge is 0.407 e. The average Bonchev–Trinajstić information content (AvgIpc) is 2.65. The van der Waals surface area contributed by atoms with Crippen molar-refractivity contribution in [2.75, 3.05) is 26.2 Å². The number of benzene rings is 1. The van der Waals surface area contributed by atoms with Crippen molar-refractivity contribution in [1.29, 1.82) is 0 Å². The van der Waals surface area contributed by atoms with Crippen LogP contribution in [0.5, 0.6) is 0 Å². The van der Waals surface area contributed by atoms with Crippen LogP contribution < -0.4 is 10.6 Å². The third-order valence-electron chi connectivity index (χ3n) is 4.82. The summed E-state index contributed by atoms with van der Waals surface area (Å²) in [5.41, 5.74) is 0.333. The van der Waals surface area contributed by atoms with Crippen LogP contribution in [0.2, 0.25) is 5.02 Å². The van der Waals surface area contributed by atoms with Crippen LogP contribution in [-0.2, 0) is 20.7 Å². The summed E-state index contributed by atoms with van der Waals surface area (Å²) in [5, 5.41) is 6.22. The number of carbonyl (C=O) groups is 3. The summed E-state index contributed by atoms with van der Waals surface area (Å²) < 4.78 is 5.15. The molecule has 2 rings (SSSR count). The van der Waals surface area contributed by atoms with E-state index in [1.165, 1.54) is 0 Å². The Hall–Kier alpha value is -2.28. The number of likely N-dealkylation sites (tertiary alicyclic amines) is 1. The van der Waals surface area contributed by atoms with Gasteiger partial charge in [-0.15, -0.1) is 0 Å². The lowest BCUT2D eigenvalue weighted by Gasteiger charge is -2.32. The topological polar surface area (TPSA) is 87.7 Å². The maximum Gasteiger partial charge on any atom is 0.407 e. The van der Waals surface area contributed by atoms with Crippen molar-refractivity contribution in [1.82, 2.24) is 15.5 Å². The average molecular weight is 438 g/mol. The zero-order valence-electron chi connectivity index (χ0n) is 18.0. The molecule has 0 spiro atoms. The second kappa shape index (κ2) is 11.2. The Morgan fingerprint density at radius 3 is 2.50 bits per heavy atom. The largest absolute Gasteiger partial charge is 0.444 e. The Balaban J connectivity index is 1.61. The molecule has 0 bridgehead atoms. The SMILES string of the molecule is CC(C)(C)OC(=O)NCCC(=O)N1CCC(CNC(=O)Cc2cccc(Cl)c2)CC1. The van der Waals surface area contributed by atoms with Crippen molar-refractivity contribution in [3.05, 3.63) is 34.9 Å². The molecule has 2 N–H and O–H groups in total. The highest BCUT2D eigenvalue weighted by Gasteiger charge is 2.23. The van der Waals surface area contributed by atoms with E-state index in [0.717, 1.165) is 18.4 Å². The van der Waals surface area contributed by atoms with Gasteiger partial charge in [0.15, 0.2) is 0 Å². The van der Waals surface area contributed by atoms with Crippen LogP contribution in [-0.4, -0.2) is 54.6 Å². The Bertz CT molecular complexity index is 740. The fourth-order valence-corrected chi connectivity index (χ4v) is 3.50. The predicted molar refractivity (Wildman–Crippen MR) is 116 cm³/mol. The number of amides is 3. The molecule has 1 fully saturated rings. The molecular weight excluding hydrogens is 406 g/mol. The van der Waals surface area contributed by atoms with Crippen molar-refractivity contribution in [3.8, 4) is 0 Å². The van der Waals surface area contributed by atoms with E-state index >= 15 is 0 Å². The summed E-state index contributed by atoms with van der Waals surface area (Å²) in [5.74, 6) is 0.357. The highest BCUT2D eigenvalue weighted by Crippen LogP contribution is 2.17. The zero-order chi connectivity index (χ0) is 22.1. The lowest BCUT2D eigenvalue weighted by molar-refractivity contribution is -0.132. The summed E-state index contributed by atoms with van der Waals surface area (Å²) in [7, 11) is 0. The summed E-state index contributed by atoms with van der Waals surface area (Å²) in [6, 6.07) is 7.29. The van der Waals surface area contributed by atoms with Crippen LogP contribution in [0.3, 0.4) is 0 Å². The third-order valence-corrected chi connectivity index (χ3v) is 5.05. The number of piperidine rings is 1. The highest BCUT2D eigenvalue weighted by atomic mass is 35.5. The molecule has 0 radical (unpaired) electrons. The number of hydrogen-bond acceptors (Lipinski definition) is 4. The van der Waals surface area contributed by atoms with Crippen molar-refractivity contribution in [2.45, 2.75) is 52.1 Å². The van der Waals surface area contributed by atoms with Gasteiger partial charge in [0, 0.05) is 37.6 Å². The minimum absolute atomic E-state index is 0.0227. The van der Waals surface area contributed by atoms with E-state index in [4.69, 9.17) is 16.3 Å². The van der Waals surface area contributed by atoms with Gasteiger partial charge in [0.2, 0.25) is 11.8 Å². The molecule has 8 heteroatoms. The summed E-state index contributed by atoms with van der Waals surface area (Å²) in [6.45, 7) is 7.58. The van der Waals surface area contributed by atoms with Crippen LogP contribution in [0.1, 0.15) is 45.6 Å². The molecule has 1 heterocycles. The van der Waals surface area contributed by atoms with E-state index in [-0.39, 0.29) is 24.8 Å². The molecular formula is C22H32ClN3O4. The number of rotatable bonds is 7. The third kappa shape index (κ3) is 9.03. The minimum Gasteiger partial charge on any atom is -0.444 e. The fraction of sp³-hybridized carbons (Fsp3) is 0.591. The monoisotopic (exact) mass is 437 g/mol. The van der Waals surface area contributed by atoms with Crippen LogP contribution in [0, 0.1) is 5.92 Å². The van der Waals surface area contributed by atoms with Gasteiger partial charge in [0.05, 0.1) is 6.42 Å². The Morgan fingerprint density at radius 2 is 1.87 bits per heavy atom. The van der Waals surface area contributed by atoms with Gasteiger partial charge in [0.25, 0.3) is 0 Å². The first-order valence-corrected chi connectivity index (χ1v) is 10.8. The van der Waals surface area contributed by atoms with Gasteiger partial charge in [-0.2, -0.15) is 0 Å². The molecule has 1 aromatic carbocycles. The molecule has 1 aliphatic rings. The first-order chi connectivity index (χ1) is 14.1. The molecule has 1 aliphatic heterocycles. The lowest BCUT2D eigenvalue weighted by Crippen LogP contribution is -2.43. The van der Waals surface area contributed by atoms with Gasteiger partial charge in [-0.1, -0.05) is 23.7 Å². The standard InChI is InChI=1S/C22H32ClN3O4/c1-22(2,3)30-21(29)24-10-7-20(28)26-11-8-16(9-12-26)15-25-19(27)14-17-5-4-6-18(23)13-17/h4-6,13,16H,7-12,14-15H2,1-3H3,(H,24,29)(H,25,27). The van der Waals surface area contributed by atoms with Crippen molar-refractivity contribution in [3.63, 3.8) is 0 Å². The second-order valence-corrected chi connectivity index (χ2v) is 9.05. The maximum absolute atomic E-state index is 12.3. The van der Waals surface area contributed by atoms with Gasteiger partial charge in [-0.3, -0.25) is 9.59 Å². The number of nitrogens with one attached hydrogen (secondary N) is 2. The number of halogens is 1. The lowest BCUT2D eigenvalue weighted by atomic mass is 9.96. The number of ether oxygens (including phenoxy) is 1. The molecule has 3 amide bonds. The highest BCUT2D eigenvalue weighted by molar-refractivity contribution is 6.30.